The van der Waals surface area contributed by atoms with Gasteiger partial charge in [0.1, 0.15) is 5.69 Å². The van der Waals surface area contributed by atoms with Gasteiger partial charge in [-0.25, -0.2) is 0 Å². The predicted octanol–water partition coefficient (Wildman–Crippen LogP) is 4.93. The van der Waals surface area contributed by atoms with Crippen LogP contribution < -0.4 is 5.43 Å². The fourth-order valence-corrected chi connectivity index (χ4v) is 3.52. The van der Waals surface area contributed by atoms with E-state index < -0.39 is 9.85 Å². The predicted molar refractivity (Wildman–Crippen MR) is 110 cm³/mol. The van der Waals surface area contributed by atoms with Gasteiger partial charge in [-0.3, -0.25) is 25.7 Å². The molecule has 1 aliphatic rings. The SMILES string of the molecule is O=[N+]([O-])c1ccc(N/N=C2/CCc3c2cccc3-c2ccccc2)c([N+](=O)[O-])c1. The summed E-state index contributed by atoms with van der Waals surface area (Å²) in [6.07, 6.45) is 1.52. The van der Waals surface area contributed by atoms with Gasteiger partial charge in [0, 0.05) is 11.6 Å². The van der Waals surface area contributed by atoms with E-state index in [4.69, 9.17) is 0 Å². The van der Waals surface area contributed by atoms with Crippen molar-refractivity contribution in [3.8, 4) is 11.1 Å². The molecule has 8 nitrogen and oxygen atoms in total. The van der Waals surface area contributed by atoms with Crippen LogP contribution >= 0.6 is 0 Å². The van der Waals surface area contributed by atoms with Crippen LogP contribution in [-0.4, -0.2) is 15.6 Å². The molecule has 1 N–H and O–H groups in total. The molecule has 0 atom stereocenters. The minimum atomic E-state index is -0.666. The molecule has 0 aromatic heterocycles. The van der Waals surface area contributed by atoms with Crippen molar-refractivity contribution in [2.75, 3.05) is 5.43 Å². The first-order chi connectivity index (χ1) is 14.0. The molecular weight excluding hydrogens is 372 g/mol. The van der Waals surface area contributed by atoms with Crippen molar-refractivity contribution >= 4 is 22.8 Å². The molecule has 8 heteroatoms. The molecule has 0 bridgehead atoms. The third-order valence-corrected chi connectivity index (χ3v) is 4.88. The molecule has 0 saturated carbocycles. The smallest absolute Gasteiger partial charge is 0.271 e. The number of nitrogens with one attached hydrogen (secondary N) is 1. The van der Waals surface area contributed by atoms with Gasteiger partial charge in [0.2, 0.25) is 0 Å². The van der Waals surface area contributed by atoms with Crippen LogP contribution in [0.25, 0.3) is 11.1 Å². The molecule has 0 unspecified atom stereocenters. The number of nitrogens with zero attached hydrogens (tertiary/aromatic N) is 3. The van der Waals surface area contributed by atoms with Crippen LogP contribution in [0.5, 0.6) is 0 Å². The second-order valence-electron chi connectivity index (χ2n) is 6.58. The van der Waals surface area contributed by atoms with Gasteiger partial charge in [-0.15, -0.1) is 0 Å². The highest BCUT2D eigenvalue weighted by Gasteiger charge is 2.23. The first-order valence-corrected chi connectivity index (χ1v) is 8.97. The second-order valence-corrected chi connectivity index (χ2v) is 6.58. The molecule has 0 amide bonds. The van der Waals surface area contributed by atoms with Crippen LogP contribution in [0.15, 0.2) is 71.8 Å². The lowest BCUT2D eigenvalue weighted by Crippen LogP contribution is -2.03. The lowest BCUT2D eigenvalue weighted by molar-refractivity contribution is -0.393. The van der Waals surface area contributed by atoms with E-state index in [-0.39, 0.29) is 17.1 Å². The summed E-state index contributed by atoms with van der Waals surface area (Å²) in [5.74, 6) is 0. The molecule has 0 spiro atoms. The Bertz CT molecular complexity index is 1140. The standard InChI is InChI=1S/C21H16N4O4/c26-24(27)15-9-11-20(21(13-15)25(28)29)23-22-19-12-10-17-16(7-4-8-18(17)19)14-5-2-1-3-6-14/h1-9,11,13,23H,10,12H2/b22-19-. The zero-order valence-electron chi connectivity index (χ0n) is 15.2. The first kappa shape index (κ1) is 18.3. The molecule has 4 rings (SSSR count). The summed E-state index contributed by atoms with van der Waals surface area (Å²) in [5.41, 5.74) is 7.38. The maximum Gasteiger partial charge on any atom is 0.301 e. The summed E-state index contributed by atoms with van der Waals surface area (Å²) in [7, 11) is 0. The maximum atomic E-state index is 11.3. The number of hydrogen-bond donors (Lipinski definition) is 1. The summed E-state index contributed by atoms with van der Waals surface area (Å²) in [6.45, 7) is 0. The number of benzene rings is 3. The average molecular weight is 388 g/mol. The van der Waals surface area contributed by atoms with E-state index >= 15 is 0 Å². The number of fused-ring (bicyclic) bond motifs is 1. The van der Waals surface area contributed by atoms with Crippen LogP contribution in [0, 0.1) is 20.2 Å². The highest BCUT2D eigenvalue weighted by Crippen LogP contribution is 2.33. The fraction of sp³-hybridized carbons (Fsp3) is 0.0952. The molecule has 0 aliphatic heterocycles. The summed E-state index contributed by atoms with van der Waals surface area (Å²) in [5, 5.41) is 26.5. The average Bonchev–Trinajstić information content (AvgIpc) is 3.15. The van der Waals surface area contributed by atoms with E-state index in [1.165, 1.54) is 17.7 Å². The zero-order chi connectivity index (χ0) is 20.4. The Hall–Kier alpha value is -4.07. The van der Waals surface area contributed by atoms with Crippen LogP contribution in [0.4, 0.5) is 17.1 Å². The Balaban J connectivity index is 1.66. The summed E-state index contributed by atoms with van der Waals surface area (Å²) in [4.78, 5) is 20.8. The summed E-state index contributed by atoms with van der Waals surface area (Å²) >= 11 is 0. The second kappa shape index (κ2) is 7.51. The van der Waals surface area contributed by atoms with Gasteiger partial charge in [-0.1, -0.05) is 48.5 Å². The van der Waals surface area contributed by atoms with Gasteiger partial charge in [0.15, 0.2) is 0 Å². The monoisotopic (exact) mass is 388 g/mol. The number of anilines is 1. The van der Waals surface area contributed by atoms with Crippen molar-refractivity contribution in [1.82, 2.24) is 0 Å². The lowest BCUT2D eigenvalue weighted by atomic mass is 9.97. The van der Waals surface area contributed by atoms with Crippen LogP contribution in [0.2, 0.25) is 0 Å². The molecule has 0 heterocycles. The zero-order valence-corrected chi connectivity index (χ0v) is 15.2. The van der Waals surface area contributed by atoms with Crippen molar-refractivity contribution in [1.29, 1.82) is 0 Å². The molecule has 3 aromatic carbocycles. The van der Waals surface area contributed by atoms with Crippen molar-refractivity contribution in [2.45, 2.75) is 12.8 Å². The molecule has 0 radical (unpaired) electrons. The Labute approximate surface area is 165 Å². The molecule has 0 fully saturated rings. The quantitative estimate of drug-likeness (QED) is 0.492. The van der Waals surface area contributed by atoms with Gasteiger partial charge in [-0.05, 0) is 35.6 Å². The fourth-order valence-electron chi connectivity index (χ4n) is 3.52. The van der Waals surface area contributed by atoms with Crippen LogP contribution in [0.3, 0.4) is 0 Å². The maximum absolute atomic E-state index is 11.3. The van der Waals surface area contributed by atoms with Crippen LogP contribution in [-0.2, 0) is 6.42 Å². The van der Waals surface area contributed by atoms with Crippen molar-refractivity contribution in [3.05, 3.63) is 98.1 Å². The van der Waals surface area contributed by atoms with Crippen molar-refractivity contribution in [3.63, 3.8) is 0 Å². The number of hydrazone groups is 1. The normalized spacial score (nSPS) is 13.9. The third-order valence-electron chi connectivity index (χ3n) is 4.88. The van der Waals surface area contributed by atoms with E-state index in [0.717, 1.165) is 34.9 Å². The topological polar surface area (TPSA) is 111 Å². The van der Waals surface area contributed by atoms with Gasteiger partial charge in [-0.2, -0.15) is 5.10 Å². The first-order valence-electron chi connectivity index (χ1n) is 8.97. The van der Waals surface area contributed by atoms with Crippen molar-refractivity contribution < 1.29 is 9.85 Å². The summed E-state index contributed by atoms with van der Waals surface area (Å²) < 4.78 is 0. The highest BCUT2D eigenvalue weighted by atomic mass is 16.6. The van der Waals surface area contributed by atoms with E-state index in [1.807, 2.05) is 30.3 Å². The van der Waals surface area contributed by atoms with Crippen LogP contribution in [0.1, 0.15) is 17.5 Å². The Morgan fingerprint density at radius 2 is 1.59 bits per heavy atom. The number of nitro groups is 2. The summed E-state index contributed by atoms with van der Waals surface area (Å²) in [6, 6.07) is 19.6. The minimum Gasteiger partial charge on any atom is -0.271 e. The largest absolute Gasteiger partial charge is 0.301 e. The van der Waals surface area contributed by atoms with E-state index in [1.54, 1.807) is 0 Å². The lowest BCUT2D eigenvalue weighted by Gasteiger charge is -2.08. The van der Waals surface area contributed by atoms with Gasteiger partial charge in [0.25, 0.3) is 5.69 Å². The Kier molecular flexibility index (Phi) is 4.74. The Morgan fingerprint density at radius 3 is 2.31 bits per heavy atom. The Morgan fingerprint density at radius 1 is 0.828 bits per heavy atom. The van der Waals surface area contributed by atoms with E-state index in [0.29, 0.717) is 6.42 Å². The van der Waals surface area contributed by atoms with Gasteiger partial charge >= 0.3 is 5.69 Å². The molecule has 0 saturated heterocycles. The number of rotatable bonds is 5. The third kappa shape index (κ3) is 3.55. The minimum absolute atomic E-state index is 0.112. The highest BCUT2D eigenvalue weighted by molar-refractivity contribution is 6.06. The van der Waals surface area contributed by atoms with E-state index in [2.05, 4.69) is 28.7 Å². The van der Waals surface area contributed by atoms with Crippen molar-refractivity contribution in [2.24, 2.45) is 5.10 Å². The molecule has 3 aromatic rings. The number of hydrogen-bond acceptors (Lipinski definition) is 6. The van der Waals surface area contributed by atoms with Gasteiger partial charge in [0.05, 0.1) is 21.6 Å². The molecule has 144 valence electrons. The molecule has 1 aliphatic carbocycles. The molecule has 29 heavy (non-hydrogen) atoms. The number of nitro benzene ring substituents is 2. The number of non-ortho nitro benzene ring substituents is 1. The van der Waals surface area contributed by atoms with Gasteiger partial charge < -0.3 is 0 Å². The van der Waals surface area contributed by atoms with E-state index in [9.17, 15) is 20.2 Å². The molecular formula is C21H16N4O4.